The molecule has 3 nitrogen and oxygen atoms in total. The molecule has 0 aromatic carbocycles. The van der Waals surface area contributed by atoms with Gasteiger partial charge in [0.05, 0.1) is 0 Å². The van der Waals surface area contributed by atoms with E-state index >= 15 is 0 Å². The van der Waals surface area contributed by atoms with Crippen molar-refractivity contribution < 1.29 is 4.39 Å². The number of halogens is 1. The van der Waals surface area contributed by atoms with Crippen LogP contribution in [-0.2, 0) is 0 Å². The minimum absolute atomic E-state index is 0.0312. The molecule has 0 aromatic rings. The summed E-state index contributed by atoms with van der Waals surface area (Å²) in [7, 11) is 1.69. The predicted octanol–water partition coefficient (Wildman–Crippen LogP) is 0.620. The Balaban J connectivity index is 2.73. The van der Waals surface area contributed by atoms with Gasteiger partial charge in [0.15, 0.2) is 0 Å². The maximum absolute atomic E-state index is 12.9. The molecule has 0 amide bonds. The van der Waals surface area contributed by atoms with Gasteiger partial charge < -0.3 is 11.1 Å². The standard InChI is InChI=1S/C9H16FN3/c1-6(11)8(5-12-2)9-3-7(10)4-13-9/h5,7,9,13H,3-4,11H2,1-2H3. The van der Waals surface area contributed by atoms with Crippen LogP contribution in [0.2, 0.25) is 0 Å². The summed E-state index contributed by atoms with van der Waals surface area (Å²) in [5, 5.41) is 3.07. The highest BCUT2D eigenvalue weighted by Crippen LogP contribution is 2.17. The maximum Gasteiger partial charge on any atom is 0.114 e. The fourth-order valence-electron chi connectivity index (χ4n) is 1.54. The number of hydrogen-bond donors (Lipinski definition) is 2. The summed E-state index contributed by atoms with van der Waals surface area (Å²) in [6, 6.07) is 0.0312. The lowest BCUT2D eigenvalue weighted by Crippen LogP contribution is -2.26. The van der Waals surface area contributed by atoms with E-state index in [4.69, 9.17) is 5.73 Å². The SMILES string of the molecule is CN=CC(=C(C)N)C1CC(F)CN1. The van der Waals surface area contributed by atoms with Crippen LogP contribution in [-0.4, -0.2) is 32.0 Å². The van der Waals surface area contributed by atoms with E-state index in [9.17, 15) is 4.39 Å². The van der Waals surface area contributed by atoms with Gasteiger partial charge in [-0.3, -0.25) is 4.99 Å². The molecule has 1 aliphatic rings. The second-order valence-corrected chi connectivity index (χ2v) is 3.32. The van der Waals surface area contributed by atoms with Gasteiger partial charge in [-0.15, -0.1) is 0 Å². The third kappa shape index (κ3) is 2.52. The van der Waals surface area contributed by atoms with Crippen molar-refractivity contribution in [2.45, 2.75) is 25.6 Å². The van der Waals surface area contributed by atoms with Gasteiger partial charge in [-0.1, -0.05) is 0 Å². The van der Waals surface area contributed by atoms with E-state index in [-0.39, 0.29) is 6.04 Å². The van der Waals surface area contributed by atoms with Crippen LogP contribution < -0.4 is 11.1 Å². The first-order valence-electron chi connectivity index (χ1n) is 4.41. The molecule has 1 aliphatic heterocycles. The second-order valence-electron chi connectivity index (χ2n) is 3.32. The van der Waals surface area contributed by atoms with Crippen molar-refractivity contribution in [2.24, 2.45) is 10.7 Å². The van der Waals surface area contributed by atoms with Crippen LogP contribution in [0.1, 0.15) is 13.3 Å². The lowest BCUT2D eigenvalue weighted by molar-refractivity contribution is 0.358. The monoisotopic (exact) mass is 185 g/mol. The molecular formula is C9H16FN3. The van der Waals surface area contributed by atoms with Crippen LogP contribution in [0.25, 0.3) is 0 Å². The fraction of sp³-hybridized carbons (Fsp3) is 0.667. The van der Waals surface area contributed by atoms with E-state index in [1.807, 2.05) is 6.92 Å². The zero-order valence-corrected chi connectivity index (χ0v) is 8.05. The van der Waals surface area contributed by atoms with Crippen LogP contribution in [0, 0.1) is 0 Å². The van der Waals surface area contributed by atoms with Gasteiger partial charge in [0.1, 0.15) is 6.17 Å². The molecule has 13 heavy (non-hydrogen) atoms. The molecule has 2 unspecified atom stereocenters. The van der Waals surface area contributed by atoms with Gasteiger partial charge in [-0.2, -0.15) is 0 Å². The van der Waals surface area contributed by atoms with E-state index in [0.29, 0.717) is 18.7 Å². The van der Waals surface area contributed by atoms with E-state index in [0.717, 1.165) is 5.57 Å². The lowest BCUT2D eigenvalue weighted by Gasteiger charge is -2.12. The topological polar surface area (TPSA) is 50.4 Å². The number of nitrogens with two attached hydrogens (primary N) is 1. The minimum Gasteiger partial charge on any atom is -0.402 e. The van der Waals surface area contributed by atoms with Crippen molar-refractivity contribution >= 4 is 6.21 Å². The average molecular weight is 185 g/mol. The van der Waals surface area contributed by atoms with Gasteiger partial charge in [-0.25, -0.2) is 4.39 Å². The van der Waals surface area contributed by atoms with Crippen LogP contribution in [0.3, 0.4) is 0 Å². The number of allylic oxidation sites excluding steroid dienone is 1. The lowest BCUT2D eigenvalue weighted by atomic mass is 10.0. The highest BCUT2D eigenvalue weighted by atomic mass is 19.1. The Morgan fingerprint density at radius 3 is 2.77 bits per heavy atom. The minimum atomic E-state index is -0.760. The first-order valence-corrected chi connectivity index (χ1v) is 4.41. The summed E-state index contributed by atoms with van der Waals surface area (Å²) in [5.41, 5.74) is 7.28. The van der Waals surface area contributed by atoms with Gasteiger partial charge >= 0.3 is 0 Å². The average Bonchev–Trinajstić information content (AvgIpc) is 2.46. The molecule has 3 N–H and O–H groups in total. The van der Waals surface area contributed by atoms with E-state index in [1.165, 1.54) is 0 Å². The van der Waals surface area contributed by atoms with Crippen molar-refractivity contribution in [1.29, 1.82) is 0 Å². The molecule has 1 fully saturated rings. The Morgan fingerprint density at radius 1 is 1.69 bits per heavy atom. The third-order valence-electron chi connectivity index (χ3n) is 2.18. The number of aliphatic imine (C=N–C) groups is 1. The zero-order valence-electron chi connectivity index (χ0n) is 8.05. The molecule has 4 heteroatoms. The number of alkyl halides is 1. The summed E-state index contributed by atoms with van der Waals surface area (Å²) < 4.78 is 12.9. The largest absolute Gasteiger partial charge is 0.402 e. The smallest absolute Gasteiger partial charge is 0.114 e. The second kappa shape index (κ2) is 4.37. The highest BCUT2D eigenvalue weighted by molar-refractivity contribution is 5.81. The summed E-state index contributed by atoms with van der Waals surface area (Å²) in [6.07, 6.45) is 1.44. The van der Waals surface area contributed by atoms with Gasteiger partial charge in [0.25, 0.3) is 0 Å². The predicted molar refractivity (Wildman–Crippen MR) is 52.6 cm³/mol. The highest BCUT2D eigenvalue weighted by Gasteiger charge is 2.26. The molecule has 0 bridgehead atoms. The molecule has 2 atom stereocenters. The Kier molecular flexibility index (Phi) is 3.42. The van der Waals surface area contributed by atoms with Crippen LogP contribution >= 0.6 is 0 Å². The van der Waals surface area contributed by atoms with Crippen molar-refractivity contribution in [3.8, 4) is 0 Å². The third-order valence-corrected chi connectivity index (χ3v) is 2.18. The molecule has 1 heterocycles. The Hall–Kier alpha value is -0.900. The number of rotatable bonds is 2. The normalized spacial score (nSPS) is 31.0. The Morgan fingerprint density at radius 2 is 2.38 bits per heavy atom. The summed E-state index contributed by atoms with van der Waals surface area (Å²) in [5.74, 6) is 0. The van der Waals surface area contributed by atoms with E-state index in [1.54, 1.807) is 13.3 Å². The molecule has 1 saturated heterocycles. The van der Waals surface area contributed by atoms with Gasteiger partial charge in [-0.05, 0) is 13.3 Å². The van der Waals surface area contributed by atoms with Crippen LogP contribution in [0.5, 0.6) is 0 Å². The molecule has 74 valence electrons. The van der Waals surface area contributed by atoms with E-state index < -0.39 is 6.17 Å². The zero-order chi connectivity index (χ0) is 9.84. The quantitative estimate of drug-likeness (QED) is 0.620. The van der Waals surface area contributed by atoms with Gasteiger partial charge in [0, 0.05) is 37.1 Å². The molecule has 0 spiro atoms. The van der Waals surface area contributed by atoms with Gasteiger partial charge in [0.2, 0.25) is 0 Å². The Bertz CT molecular complexity index is 231. The van der Waals surface area contributed by atoms with Crippen LogP contribution in [0.15, 0.2) is 16.3 Å². The molecule has 0 radical (unpaired) electrons. The first-order chi connectivity index (χ1) is 6.15. The summed E-state index contributed by atoms with van der Waals surface area (Å²) in [4.78, 5) is 3.90. The molecule has 0 saturated carbocycles. The molecular weight excluding hydrogens is 169 g/mol. The van der Waals surface area contributed by atoms with Crippen molar-refractivity contribution in [1.82, 2.24) is 5.32 Å². The Labute approximate surface area is 77.9 Å². The van der Waals surface area contributed by atoms with Crippen molar-refractivity contribution in [3.05, 3.63) is 11.3 Å². The molecule has 1 rings (SSSR count). The maximum atomic E-state index is 12.9. The molecule has 0 aliphatic carbocycles. The molecule has 0 aromatic heterocycles. The number of nitrogens with zero attached hydrogens (tertiary/aromatic N) is 1. The van der Waals surface area contributed by atoms with E-state index in [2.05, 4.69) is 10.3 Å². The van der Waals surface area contributed by atoms with Crippen molar-refractivity contribution in [2.75, 3.05) is 13.6 Å². The first kappa shape index (κ1) is 10.2. The number of hydrogen-bond acceptors (Lipinski definition) is 3. The summed E-state index contributed by atoms with van der Waals surface area (Å²) >= 11 is 0. The number of nitrogens with one attached hydrogen (secondary N) is 1. The fourth-order valence-corrected chi connectivity index (χ4v) is 1.54. The van der Waals surface area contributed by atoms with Crippen LogP contribution in [0.4, 0.5) is 4.39 Å². The van der Waals surface area contributed by atoms with Crippen molar-refractivity contribution in [3.63, 3.8) is 0 Å². The summed E-state index contributed by atoms with van der Waals surface area (Å²) in [6.45, 7) is 2.23.